The van der Waals surface area contributed by atoms with Gasteiger partial charge in [-0.2, -0.15) is 0 Å². The number of anilines is 1. The Morgan fingerprint density at radius 3 is 2.91 bits per heavy atom. The van der Waals surface area contributed by atoms with Gasteiger partial charge in [0.2, 0.25) is 5.91 Å². The molecule has 3 aromatic rings. The topological polar surface area (TPSA) is 79.8 Å². The van der Waals surface area contributed by atoms with Crippen molar-refractivity contribution in [2.45, 2.75) is 51.5 Å². The second-order valence-corrected chi connectivity index (χ2v) is 9.81. The molecule has 0 bridgehead atoms. The average Bonchev–Trinajstić information content (AvgIpc) is 3.46. The molecule has 2 aliphatic carbocycles. The summed E-state index contributed by atoms with van der Waals surface area (Å²) in [6.45, 7) is 2.17. The molecule has 0 spiro atoms. The number of carbonyl (C=O) groups is 1. The molecule has 8 heteroatoms. The maximum atomic E-state index is 11.4. The standard InChI is InChI=1S/C25H24ClN5OS/c1-15(32)29-25-30-21-11-9-17-14-28-24(31-22(17)23(21)33-25)19-13-16(8-10-20(19)26)5-4-12-27-18-6-2-3-7-18/h8,10,13-14,18,27H,2-3,6-7,9,11-12H2,1H3,(H,29,30,32). The van der Waals surface area contributed by atoms with Crippen molar-refractivity contribution in [1.29, 1.82) is 0 Å². The molecule has 5 rings (SSSR count). The summed E-state index contributed by atoms with van der Waals surface area (Å²) in [5.41, 5.74) is 4.54. The van der Waals surface area contributed by atoms with E-state index in [2.05, 4.69) is 32.4 Å². The van der Waals surface area contributed by atoms with Crippen molar-refractivity contribution in [3.63, 3.8) is 0 Å². The van der Waals surface area contributed by atoms with Gasteiger partial charge in [0.15, 0.2) is 11.0 Å². The molecule has 1 amide bonds. The highest BCUT2D eigenvalue weighted by atomic mass is 35.5. The summed E-state index contributed by atoms with van der Waals surface area (Å²) < 4.78 is 0. The molecular weight excluding hydrogens is 454 g/mol. The minimum Gasteiger partial charge on any atom is -0.303 e. The SMILES string of the molecule is CC(=O)Nc1nc2c(s1)-c1nc(-c3cc(C#CCNC4CCCC4)ccc3Cl)ncc1CC2. The van der Waals surface area contributed by atoms with Gasteiger partial charge in [0.05, 0.1) is 27.8 Å². The van der Waals surface area contributed by atoms with Crippen LogP contribution in [0.15, 0.2) is 24.4 Å². The highest BCUT2D eigenvalue weighted by Crippen LogP contribution is 2.39. The van der Waals surface area contributed by atoms with Crippen molar-refractivity contribution in [3.05, 3.63) is 46.2 Å². The van der Waals surface area contributed by atoms with Crippen LogP contribution in [0.3, 0.4) is 0 Å². The van der Waals surface area contributed by atoms with Crippen LogP contribution in [0.4, 0.5) is 5.13 Å². The number of hydrogen-bond acceptors (Lipinski definition) is 6. The minimum absolute atomic E-state index is 0.132. The van der Waals surface area contributed by atoms with Crippen molar-refractivity contribution in [2.24, 2.45) is 0 Å². The summed E-state index contributed by atoms with van der Waals surface area (Å²) >= 11 is 7.97. The quantitative estimate of drug-likeness (QED) is 0.524. The van der Waals surface area contributed by atoms with Crippen LogP contribution in [-0.2, 0) is 17.6 Å². The van der Waals surface area contributed by atoms with Gasteiger partial charge in [-0.25, -0.2) is 15.0 Å². The number of thiazole rings is 1. The fourth-order valence-corrected chi connectivity index (χ4v) is 5.61. The van der Waals surface area contributed by atoms with E-state index in [-0.39, 0.29) is 5.91 Å². The van der Waals surface area contributed by atoms with E-state index in [1.54, 1.807) is 0 Å². The second-order valence-electron chi connectivity index (χ2n) is 8.40. The third-order valence-corrected chi connectivity index (χ3v) is 7.31. The zero-order chi connectivity index (χ0) is 22.8. The zero-order valence-electron chi connectivity index (χ0n) is 18.4. The summed E-state index contributed by atoms with van der Waals surface area (Å²) in [7, 11) is 0. The number of hydrogen-bond donors (Lipinski definition) is 2. The van der Waals surface area contributed by atoms with Crippen molar-refractivity contribution in [3.8, 4) is 33.8 Å². The van der Waals surface area contributed by atoms with E-state index in [1.165, 1.54) is 43.9 Å². The van der Waals surface area contributed by atoms with Crippen molar-refractivity contribution >= 4 is 34.0 Å². The van der Waals surface area contributed by atoms with Crippen LogP contribution >= 0.6 is 22.9 Å². The fraction of sp³-hybridized carbons (Fsp3) is 0.360. The molecule has 168 valence electrons. The molecule has 0 aliphatic heterocycles. The molecule has 2 aromatic heterocycles. The number of aryl methyl sites for hydroxylation is 2. The lowest BCUT2D eigenvalue weighted by atomic mass is 9.99. The smallest absolute Gasteiger partial charge is 0.223 e. The molecule has 1 fully saturated rings. The highest BCUT2D eigenvalue weighted by molar-refractivity contribution is 7.19. The van der Waals surface area contributed by atoms with Gasteiger partial charge in [-0.3, -0.25) is 4.79 Å². The molecule has 6 nitrogen and oxygen atoms in total. The molecule has 0 saturated heterocycles. The lowest BCUT2D eigenvalue weighted by molar-refractivity contribution is -0.114. The van der Waals surface area contributed by atoms with Crippen molar-refractivity contribution in [2.75, 3.05) is 11.9 Å². The predicted molar refractivity (Wildman–Crippen MR) is 132 cm³/mol. The molecule has 2 heterocycles. The zero-order valence-corrected chi connectivity index (χ0v) is 19.9. The average molecular weight is 478 g/mol. The van der Waals surface area contributed by atoms with Crippen LogP contribution in [0, 0.1) is 11.8 Å². The van der Waals surface area contributed by atoms with Gasteiger partial charge < -0.3 is 10.6 Å². The summed E-state index contributed by atoms with van der Waals surface area (Å²) in [4.78, 5) is 26.5. The number of aromatic nitrogens is 3. The number of nitrogens with one attached hydrogen (secondary N) is 2. The normalized spacial score (nSPS) is 14.8. The first-order valence-corrected chi connectivity index (χ1v) is 12.4. The third kappa shape index (κ3) is 4.93. The monoisotopic (exact) mass is 477 g/mol. The maximum absolute atomic E-state index is 11.4. The van der Waals surface area contributed by atoms with E-state index in [0.717, 1.165) is 45.8 Å². The molecule has 0 atom stereocenters. The Kier molecular flexibility index (Phi) is 6.41. The summed E-state index contributed by atoms with van der Waals surface area (Å²) in [6.07, 6.45) is 8.61. The van der Waals surface area contributed by atoms with Crippen molar-refractivity contribution in [1.82, 2.24) is 20.3 Å². The van der Waals surface area contributed by atoms with Gasteiger partial charge in [-0.05, 0) is 49.4 Å². The molecule has 2 N–H and O–H groups in total. The Morgan fingerprint density at radius 1 is 1.24 bits per heavy atom. The van der Waals surface area contributed by atoms with Gasteiger partial charge in [0, 0.05) is 30.3 Å². The number of rotatable bonds is 4. The molecule has 1 aromatic carbocycles. The van der Waals surface area contributed by atoms with Crippen LogP contribution in [0.25, 0.3) is 22.0 Å². The van der Waals surface area contributed by atoms with E-state index < -0.39 is 0 Å². The van der Waals surface area contributed by atoms with E-state index in [9.17, 15) is 4.79 Å². The van der Waals surface area contributed by atoms with Gasteiger partial charge in [-0.1, -0.05) is 47.6 Å². The third-order valence-electron chi connectivity index (χ3n) is 5.97. The first-order valence-electron chi connectivity index (χ1n) is 11.2. The molecular formula is C25H24ClN5OS. The van der Waals surface area contributed by atoms with Crippen LogP contribution < -0.4 is 10.6 Å². The summed E-state index contributed by atoms with van der Waals surface area (Å²) in [5.74, 6) is 6.88. The molecule has 0 unspecified atom stereocenters. The van der Waals surface area contributed by atoms with Gasteiger partial charge >= 0.3 is 0 Å². The molecule has 1 saturated carbocycles. The van der Waals surface area contributed by atoms with Crippen LogP contribution in [0.5, 0.6) is 0 Å². The number of halogens is 1. The Bertz CT molecular complexity index is 1270. The Balaban J connectivity index is 1.41. The Hall–Kier alpha value is -2.79. The van der Waals surface area contributed by atoms with Gasteiger partial charge in [0.25, 0.3) is 0 Å². The second kappa shape index (κ2) is 9.60. The molecule has 0 radical (unpaired) electrons. The fourth-order valence-electron chi connectivity index (χ4n) is 4.33. The van der Waals surface area contributed by atoms with Crippen molar-refractivity contribution < 1.29 is 4.79 Å². The maximum Gasteiger partial charge on any atom is 0.223 e. The lowest BCUT2D eigenvalue weighted by Crippen LogP contribution is -2.26. The number of carbonyl (C=O) groups excluding carboxylic acids is 1. The summed E-state index contributed by atoms with van der Waals surface area (Å²) in [5, 5.41) is 7.48. The predicted octanol–water partition coefficient (Wildman–Crippen LogP) is 4.86. The largest absolute Gasteiger partial charge is 0.303 e. The number of fused-ring (bicyclic) bond motifs is 3. The first kappa shape index (κ1) is 22.0. The van der Waals surface area contributed by atoms with Gasteiger partial charge in [0.1, 0.15) is 0 Å². The van der Waals surface area contributed by atoms with E-state index in [0.29, 0.717) is 28.6 Å². The number of amides is 1. The number of nitrogens with zero attached hydrogens (tertiary/aromatic N) is 3. The van der Waals surface area contributed by atoms with E-state index in [1.807, 2.05) is 24.4 Å². The Morgan fingerprint density at radius 2 is 2.09 bits per heavy atom. The first-order chi connectivity index (χ1) is 16.1. The highest BCUT2D eigenvalue weighted by Gasteiger charge is 2.24. The minimum atomic E-state index is -0.132. The van der Waals surface area contributed by atoms with E-state index in [4.69, 9.17) is 16.6 Å². The van der Waals surface area contributed by atoms with Crippen LogP contribution in [0.1, 0.15) is 49.4 Å². The van der Waals surface area contributed by atoms with Gasteiger partial charge in [-0.15, -0.1) is 0 Å². The lowest BCUT2D eigenvalue weighted by Gasteiger charge is -2.15. The molecule has 2 aliphatic rings. The Labute approximate surface area is 202 Å². The van der Waals surface area contributed by atoms with Crippen LogP contribution in [-0.4, -0.2) is 33.4 Å². The van der Waals surface area contributed by atoms with Crippen LogP contribution in [0.2, 0.25) is 5.02 Å². The summed E-state index contributed by atoms with van der Waals surface area (Å²) in [6, 6.07) is 6.33. The van der Waals surface area contributed by atoms with E-state index >= 15 is 0 Å². The molecule has 33 heavy (non-hydrogen) atoms. The number of benzene rings is 1.